The number of aliphatic hydroxyl groups is 1. The molecule has 1 aromatic rings. The van der Waals surface area contributed by atoms with E-state index in [1.54, 1.807) is 12.1 Å². The first-order chi connectivity index (χ1) is 6.79. The van der Waals surface area contributed by atoms with Gasteiger partial charge in [0, 0.05) is 6.42 Å². The van der Waals surface area contributed by atoms with Gasteiger partial charge in [-0.25, -0.2) is 4.39 Å². The third-order valence-corrected chi connectivity index (χ3v) is 1.63. The van der Waals surface area contributed by atoms with Crippen molar-refractivity contribution in [1.82, 2.24) is 0 Å². The first kappa shape index (κ1) is 10.6. The number of aliphatic hydroxyl groups excluding tert-OH is 1. The summed E-state index contributed by atoms with van der Waals surface area (Å²) in [4.78, 5) is 0. The van der Waals surface area contributed by atoms with E-state index in [4.69, 9.17) is 9.84 Å². The minimum atomic E-state index is -0.428. The van der Waals surface area contributed by atoms with Gasteiger partial charge in [-0.1, -0.05) is 17.9 Å². The Kier molecular flexibility index (Phi) is 3.96. The lowest BCUT2D eigenvalue weighted by atomic mass is 10.2. The van der Waals surface area contributed by atoms with Crippen LogP contribution in [0.15, 0.2) is 18.2 Å². The Morgan fingerprint density at radius 2 is 2.29 bits per heavy atom. The number of rotatable bonds is 2. The number of ether oxygens (including phenoxy) is 1. The van der Waals surface area contributed by atoms with Gasteiger partial charge in [0.15, 0.2) is 11.6 Å². The number of benzene rings is 1. The maximum atomic E-state index is 13.1. The molecule has 0 atom stereocenters. The molecule has 1 aromatic carbocycles. The summed E-state index contributed by atoms with van der Waals surface area (Å²) in [5.74, 6) is 5.16. The van der Waals surface area contributed by atoms with Crippen LogP contribution >= 0.6 is 0 Å². The SMILES string of the molecule is COc1c(F)cccc1C#CCCO. The summed E-state index contributed by atoms with van der Waals surface area (Å²) >= 11 is 0. The predicted molar refractivity (Wildman–Crippen MR) is 51.5 cm³/mol. The second-order valence-electron chi connectivity index (χ2n) is 2.60. The fourth-order valence-electron chi connectivity index (χ4n) is 1.03. The zero-order chi connectivity index (χ0) is 10.4. The average molecular weight is 194 g/mol. The van der Waals surface area contributed by atoms with Crippen molar-refractivity contribution in [2.24, 2.45) is 0 Å². The van der Waals surface area contributed by atoms with Crippen molar-refractivity contribution < 1.29 is 14.2 Å². The molecular weight excluding hydrogens is 183 g/mol. The number of hydrogen-bond acceptors (Lipinski definition) is 2. The molecule has 1 rings (SSSR count). The van der Waals surface area contributed by atoms with Gasteiger partial charge in [-0.05, 0) is 12.1 Å². The molecule has 0 aromatic heterocycles. The topological polar surface area (TPSA) is 29.5 Å². The molecule has 0 fully saturated rings. The third-order valence-electron chi connectivity index (χ3n) is 1.63. The fourth-order valence-corrected chi connectivity index (χ4v) is 1.03. The lowest BCUT2D eigenvalue weighted by Gasteiger charge is -2.03. The molecule has 0 aliphatic heterocycles. The van der Waals surface area contributed by atoms with E-state index in [2.05, 4.69) is 11.8 Å². The number of para-hydroxylation sites is 1. The van der Waals surface area contributed by atoms with Crippen molar-refractivity contribution >= 4 is 0 Å². The van der Waals surface area contributed by atoms with Crippen LogP contribution in [0.3, 0.4) is 0 Å². The molecule has 0 aliphatic carbocycles. The summed E-state index contributed by atoms with van der Waals surface area (Å²) in [7, 11) is 1.40. The Hall–Kier alpha value is -1.53. The van der Waals surface area contributed by atoms with Gasteiger partial charge in [0.05, 0.1) is 19.3 Å². The van der Waals surface area contributed by atoms with Crippen molar-refractivity contribution in [2.45, 2.75) is 6.42 Å². The van der Waals surface area contributed by atoms with E-state index in [-0.39, 0.29) is 12.4 Å². The summed E-state index contributed by atoms with van der Waals surface area (Å²) in [6.07, 6.45) is 0.375. The van der Waals surface area contributed by atoms with Crippen LogP contribution in [0.5, 0.6) is 5.75 Å². The van der Waals surface area contributed by atoms with Crippen LogP contribution in [0, 0.1) is 17.7 Å². The third kappa shape index (κ3) is 2.48. The predicted octanol–water partition coefficient (Wildman–Crippen LogP) is 1.57. The van der Waals surface area contributed by atoms with E-state index in [0.29, 0.717) is 12.0 Å². The van der Waals surface area contributed by atoms with Crippen LogP contribution in [0.1, 0.15) is 12.0 Å². The highest BCUT2D eigenvalue weighted by molar-refractivity contribution is 5.46. The van der Waals surface area contributed by atoms with Crippen molar-refractivity contribution in [3.8, 4) is 17.6 Å². The van der Waals surface area contributed by atoms with Crippen molar-refractivity contribution in [2.75, 3.05) is 13.7 Å². The molecule has 0 radical (unpaired) electrons. The molecule has 0 heterocycles. The minimum Gasteiger partial charge on any atom is -0.492 e. The standard InChI is InChI=1S/C11H11FO2/c1-14-11-9(5-2-3-8-13)6-4-7-10(11)12/h4,6-7,13H,3,8H2,1H3. The molecule has 74 valence electrons. The summed E-state index contributed by atoms with van der Waals surface area (Å²) in [6, 6.07) is 4.56. The molecule has 0 amide bonds. The highest BCUT2D eigenvalue weighted by Gasteiger charge is 2.05. The lowest BCUT2D eigenvalue weighted by molar-refractivity contribution is 0.305. The van der Waals surface area contributed by atoms with Gasteiger partial charge < -0.3 is 9.84 Å². The van der Waals surface area contributed by atoms with Crippen molar-refractivity contribution in [3.05, 3.63) is 29.6 Å². The maximum absolute atomic E-state index is 13.1. The summed E-state index contributed by atoms with van der Waals surface area (Å²) in [5, 5.41) is 8.52. The zero-order valence-corrected chi connectivity index (χ0v) is 7.88. The normalized spacial score (nSPS) is 9.07. The van der Waals surface area contributed by atoms with Crippen LogP contribution < -0.4 is 4.74 Å². The summed E-state index contributed by atoms with van der Waals surface area (Å²) in [5.41, 5.74) is 0.501. The Balaban J connectivity index is 2.98. The molecule has 3 heteroatoms. The molecule has 2 nitrogen and oxygen atoms in total. The second-order valence-corrected chi connectivity index (χ2v) is 2.60. The van der Waals surface area contributed by atoms with Gasteiger partial charge in [-0.2, -0.15) is 0 Å². The van der Waals surface area contributed by atoms with E-state index in [0.717, 1.165) is 0 Å². The van der Waals surface area contributed by atoms with E-state index in [1.165, 1.54) is 13.2 Å². The molecule has 1 N–H and O–H groups in total. The molecule has 0 bridgehead atoms. The maximum Gasteiger partial charge on any atom is 0.170 e. The molecule has 0 spiro atoms. The summed E-state index contributed by atoms with van der Waals surface area (Å²) in [6.45, 7) is 0.00459. The largest absolute Gasteiger partial charge is 0.492 e. The Labute approximate surface area is 82.3 Å². The highest BCUT2D eigenvalue weighted by Crippen LogP contribution is 2.20. The Bertz CT molecular complexity index is 363. The fraction of sp³-hybridized carbons (Fsp3) is 0.273. The Morgan fingerprint density at radius 1 is 1.50 bits per heavy atom. The highest BCUT2D eigenvalue weighted by atomic mass is 19.1. The molecule has 14 heavy (non-hydrogen) atoms. The molecule has 0 aliphatic rings. The smallest absolute Gasteiger partial charge is 0.170 e. The Morgan fingerprint density at radius 3 is 2.93 bits per heavy atom. The molecular formula is C11H11FO2. The first-order valence-electron chi connectivity index (χ1n) is 4.22. The van der Waals surface area contributed by atoms with Crippen LogP contribution in [0.25, 0.3) is 0 Å². The van der Waals surface area contributed by atoms with Crippen LogP contribution in [-0.2, 0) is 0 Å². The number of halogens is 1. The zero-order valence-electron chi connectivity index (χ0n) is 7.88. The number of hydrogen-bond donors (Lipinski definition) is 1. The molecule has 0 saturated carbocycles. The summed E-state index contributed by atoms with van der Waals surface area (Å²) < 4.78 is 18.0. The lowest BCUT2D eigenvalue weighted by Crippen LogP contribution is -1.91. The second kappa shape index (κ2) is 5.25. The number of methoxy groups -OCH3 is 1. The quantitative estimate of drug-likeness (QED) is 0.724. The van der Waals surface area contributed by atoms with E-state index < -0.39 is 5.82 Å². The average Bonchev–Trinajstić information content (AvgIpc) is 2.18. The van der Waals surface area contributed by atoms with Crippen molar-refractivity contribution in [3.63, 3.8) is 0 Å². The van der Waals surface area contributed by atoms with Gasteiger partial charge in [-0.15, -0.1) is 0 Å². The van der Waals surface area contributed by atoms with Crippen LogP contribution in [0.2, 0.25) is 0 Å². The van der Waals surface area contributed by atoms with Gasteiger partial charge in [-0.3, -0.25) is 0 Å². The monoisotopic (exact) mass is 194 g/mol. The van der Waals surface area contributed by atoms with E-state index in [1.807, 2.05) is 0 Å². The van der Waals surface area contributed by atoms with Crippen LogP contribution in [-0.4, -0.2) is 18.8 Å². The van der Waals surface area contributed by atoms with Gasteiger partial charge in [0.2, 0.25) is 0 Å². The minimum absolute atomic E-state index is 0.00459. The van der Waals surface area contributed by atoms with Crippen molar-refractivity contribution in [1.29, 1.82) is 0 Å². The van der Waals surface area contributed by atoms with E-state index >= 15 is 0 Å². The van der Waals surface area contributed by atoms with Crippen LogP contribution in [0.4, 0.5) is 4.39 Å². The van der Waals surface area contributed by atoms with Gasteiger partial charge in [0.25, 0.3) is 0 Å². The first-order valence-corrected chi connectivity index (χ1v) is 4.22. The van der Waals surface area contributed by atoms with Gasteiger partial charge in [0.1, 0.15) is 0 Å². The molecule has 0 saturated heterocycles. The van der Waals surface area contributed by atoms with E-state index in [9.17, 15) is 4.39 Å². The molecule has 0 unspecified atom stereocenters. The van der Waals surface area contributed by atoms with Gasteiger partial charge >= 0.3 is 0 Å².